The lowest BCUT2D eigenvalue weighted by Gasteiger charge is -2.07. The van der Waals surface area contributed by atoms with Crippen molar-refractivity contribution in [1.82, 2.24) is 10.1 Å². The molecule has 0 unspecified atom stereocenters. The third-order valence-electron chi connectivity index (χ3n) is 3.96. The number of benzene rings is 1. The van der Waals surface area contributed by atoms with Crippen LogP contribution in [0.1, 0.15) is 50.3 Å². The Morgan fingerprint density at radius 3 is 2.65 bits per heavy atom. The van der Waals surface area contributed by atoms with Gasteiger partial charge in [0, 0.05) is 5.92 Å². The summed E-state index contributed by atoms with van der Waals surface area (Å²) in [4.78, 5) is 4.45. The van der Waals surface area contributed by atoms with E-state index in [-0.39, 0.29) is 5.75 Å². The van der Waals surface area contributed by atoms with Crippen molar-refractivity contribution in [2.75, 3.05) is 5.73 Å². The van der Waals surface area contributed by atoms with Gasteiger partial charge >= 0.3 is 0 Å². The molecule has 2 aromatic rings. The average Bonchev–Trinajstić information content (AvgIpc) is 2.77. The highest BCUT2D eigenvalue weighted by Gasteiger charge is 2.21. The summed E-state index contributed by atoms with van der Waals surface area (Å²) in [5.74, 6) is 1.47. The van der Waals surface area contributed by atoms with Crippen LogP contribution >= 0.6 is 0 Å². The first-order chi connectivity index (χ1) is 9.75. The van der Waals surface area contributed by atoms with Crippen LogP contribution in [-0.2, 0) is 0 Å². The first-order valence-electron chi connectivity index (χ1n) is 7.17. The molecule has 0 aliphatic heterocycles. The van der Waals surface area contributed by atoms with Crippen LogP contribution in [0.15, 0.2) is 22.7 Å². The summed E-state index contributed by atoms with van der Waals surface area (Å²) >= 11 is 0. The number of nitrogens with two attached hydrogens (primary N) is 1. The van der Waals surface area contributed by atoms with Gasteiger partial charge in [0.05, 0.1) is 11.3 Å². The highest BCUT2D eigenvalue weighted by molar-refractivity contribution is 5.71. The van der Waals surface area contributed by atoms with Crippen LogP contribution in [0.4, 0.5) is 5.69 Å². The molecule has 3 rings (SSSR count). The molecule has 0 bridgehead atoms. The Morgan fingerprint density at radius 2 is 1.90 bits per heavy atom. The van der Waals surface area contributed by atoms with E-state index in [2.05, 4.69) is 10.1 Å². The zero-order valence-electron chi connectivity index (χ0n) is 11.4. The third-order valence-corrected chi connectivity index (χ3v) is 3.96. The number of anilines is 1. The normalized spacial score (nSPS) is 17.0. The number of nitrogen functional groups attached to an aromatic ring is 1. The van der Waals surface area contributed by atoms with Gasteiger partial charge in [0.2, 0.25) is 0 Å². The van der Waals surface area contributed by atoms with Crippen molar-refractivity contribution < 1.29 is 9.63 Å². The van der Waals surface area contributed by atoms with Crippen molar-refractivity contribution in [3.05, 3.63) is 24.0 Å². The number of hydrogen-bond donors (Lipinski definition) is 2. The second-order valence-corrected chi connectivity index (χ2v) is 5.39. The zero-order valence-corrected chi connectivity index (χ0v) is 11.4. The summed E-state index contributed by atoms with van der Waals surface area (Å²) in [7, 11) is 0. The summed E-state index contributed by atoms with van der Waals surface area (Å²) in [6.07, 6.45) is 7.24. The fraction of sp³-hybridized carbons (Fsp3) is 0.467. The Morgan fingerprint density at radius 1 is 1.15 bits per heavy atom. The lowest BCUT2D eigenvalue weighted by molar-refractivity contribution is 0.406. The van der Waals surface area contributed by atoms with Crippen molar-refractivity contribution in [3.8, 4) is 17.2 Å². The van der Waals surface area contributed by atoms with E-state index in [1.807, 2.05) is 0 Å². The highest BCUT2D eigenvalue weighted by Crippen LogP contribution is 2.35. The molecule has 0 saturated heterocycles. The number of phenols is 1. The Bertz CT molecular complexity index is 587. The summed E-state index contributed by atoms with van der Waals surface area (Å²) in [6, 6.07) is 5.14. The van der Waals surface area contributed by atoms with E-state index in [1.165, 1.54) is 25.7 Å². The van der Waals surface area contributed by atoms with Gasteiger partial charge in [-0.05, 0) is 25.0 Å². The minimum atomic E-state index is 0.00330. The van der Waals surface area contributed by atoms with Gasteiger partial charge in [-0.1, -0.05) is 36.9 Å². The number of nitrogens with zero attached hydrogens (tertiary/aromatic N) is 2. The van der Waals surface area contributed by atoms with Crippen molar-refractivity contribution in [1.29, 1.82) is 0 Å². The number of hydrogen-bond acceptors (Lipinski definition) is 5. The van der Waals surface area contributed by atoms with E-state index in [0.717, 1.165) is 18.7 Å². The van der Waals surface area contributed by atoms with Gasteiger partial charge < -0.3 is 15.4 Å². The second kappa shape index (κ2) is 5.53. The molecule has 1 aliphatic rings. The molecule has 1 fully saturated rings. The number of para-hydroxylation sites is 1. The molecular formula is C15H19N3O2. The number of rotatable bonds is 2. The maximum absolute atomic E-state index is 9.96. The molecule has 20 heavy (non-hydrogen) atoms. The van der Waals surface area contributed by atoms with Gasteiger partial charge in [-0.2, -0.15) is 4.98 Å². The minimum absolute atomic E-state index is 0.00330. The minimum Gasteiger partial charge on any atom is -0.505 e. The first-order valence-corrected chi connectivity index (χ1v) is 7.17. The molecular weight excluding hydrogens is 254 g/mol. The molecule has 0 atom stereocenters. The fourth-order valence-electron chi connectivity index (χ4n) is 2.78. The van der Waals surface area contributed by atoms with Gasteiger partial charge in [0.15, 0.2) is 11.6 Å². The van der Waals surface area contributed by atoms with Gasteiger partial charge in [-0.3, -0.25) is 0 Å². The summed E-state index contributed by atoms with van der Waals surface area (Å²) < 4.78 is 5.30. The molecule has 1 heterocycles. The number of phenolic OH excluding ortho intramolecular Hbond substituents is 1. The van der Waals surface area contributed by atoms with E-state index in [9.17, 15) is 5.11 Å². The summed E-state index contributed by atoms with van der Waals surface area (Å²) in [6.45, 7) is 0. The van der Waals surface area contributed by atoms with Gasteiger partial charge in [-0.15, -0.1) is 0 Å². The molecule has 5 heteroatoms. The Balaban J connectivity index is 1.87. The maximum atomic E-state index is 9.96. The molecule has 0 radical (unpaired) electrons. The SMILES string of the molecule is Nc1cccc(-c2nc(C3CCCCCC3)no2)c1O. The highest BCUT2D eigenvalue weighted by atomic mass is 16.5. The number of aromatic nitrogens is 2. The molecule has 0 amide bonds. The fourth-order valence-corrected chi connectivity index (χ4v) is 2.78. The Labute approximate surface area is 117 Å². The molecule has 1 aliphatic carbocycles. The first kappa shape index (κ1) is 13.0. The van der Waals surface area contributed by atoms with Crippen LogP contribution in [0.2, 0.25) is 0 Å². The van der Waals surface area contributed by atoms with Gasteiger partial charge in [0.1, 0.15) is 0 Å². The number of aromatic hydroxyl groups is 1. The van der Waals surface area contributed by atoms with Crippen LogP contribution in [0.3, 0.4) is 0 Å². The Kier molecular flexibility index (Phi) is 3.58. The molecule has 1 saturated carbocycles. The standard InChI is InChI=1S/C15H19N3O2/c16-12-9-5-8-11(13(12)19)15-17-14(18-20-15)10-6-3-1-2-4-7-10/h5,8-10,19H,1-4,6-7,16H2. The molecule has 3 N–H and O–H groups in total. The molecule has 106 valence electrons. The van der Waals surface area contributed by atoms with Gasteiger partial charge in [-0.25, -0.2) is 0 Å². The molecule has 5 nitrogen and oxygen atoms in total. The zero-order chi connectivity index (χ0) is 13.9. The predicted octanol–water partition coefficient (Wildman–Crippen LogP) is 3.46. The maximum Gasteiger partial charge on any atom is 0.261 e. The molecule has 0 spiro atoms. The van der Waals surface area contributed by atoms with Gasteiger partial charge in [0.25, 0.3) is 5.89 Å². The van der Waals surface area contributed by atoms with Crippen LogP contribution in [-0.4, -0.2) is 15.2 Å². The monoisotopic (exact) mass is 273 g/mol. The molecule has 1 aromatic carbocycles. The van der Waals surface area contributed by atoms with E-state index in [1.54, 1.807) is 18.2 Å². The summed E-state index contributed by atoms with van der Waals surface area (Å²) in [5, 5.41) is 14.1. The quantitative estimate of drug-likeness (QED) is 0.497. The Hall–Kier alpha value is -2.04. The van der Waals surface area contributed by atoms with Crippen LogP contribution in [0, 0.1) is 0 Å². The van der Waals surface area contributed by atoms with E-state index in [4.69, 9.17) is 10.3 Å². The third kappa shape index (κ3) is 2.48. The largest absolute Gasteiger partial charge is 0.505 e. The van der Waals surface area contributed by atoms with E-state index < -0.39 is 0 Å². The van der Waals surface area contributed by atoms with Crippen LogP contribution in [0.25, 0.3) is 11.5 Å². The van der Waals surface area contributed by atoms with Crippen molar-refractivity contribution in [2.45, 2.75) is 44.4 Å². The topological polar surface area (TPSA) is 85.2 Å². The smallest absolute Gasteiger partial charge is 0.261 e. The van der Waals surface area contributed by atoms with Crippen molar-refractivity contribution in [3.63, 3.8) is 0 Å². The lowest BCUT2D eigenvalue weighted by Crippen LogP contribution is -1.99. The van der Waals surface area contributed by atoms with E-state index in [0.29, 0.717) is 23.1 Å². The average molecular weight is 273 g/mol. The summed E-state index contributed by atoms with van der Waals surface area (Å²) in [5.41, 5.74) is 6.50. The second-order valence-electron chi connectivity index (χ2n) is 5.39. The van der Waals surface area contributed by atoms with E-state index >= 15 is 0 Å². The predicted molar refractivity (Wildman–Crippen MR) is 76.3 cm³/mol. The van der Waals surface area contributed by atoms with Crippen LogP contribution < -0.4 is 5.73 Å². The van der Waals surface area contributed by atoms with Crippen LogP contribution in [0.5, 0.6) is 5.75 Å². The van der Waals surface area contributed by atoms with Crippen molar-refractivity contribution in [2.24, 2.45) is 0 Å². The van der Waals surface area contributed by atoms with Crippen molar-refractivity contribution >= 4 is 5.69 Å². The lowest BCUT2D eigenvalue weighted by atomic mass is 10.00. The molecule has 1 aromatic heterocycles.